The Hall–Kier alpha value is -1.74. The average Bonchev–Trinajstić information content (AvgIpc) is 2.50. The van der Waals surface area contributed by atoms with Crippen LogP contribution in [0.3, 0.4) is 0 Å². The van der Waals surface area contributed by atoms with E-state index in [0.717, 1.165) is 31.9 Å². The molecule has 0 bridgehead atoms. The summed E-state index contributed by atoms with van der Waals surface area (Å²) in [6, 6.07) is 10.5. The monoisotopic (exact) mass is 301 g/mol. The highest BCUT2D eigenvalue weighted by Crippen LogP contribution is 2.25. The molecule has 21 heavy (non-hydrogen) atoms. The summed E-state index contributed by atoms with van der Waals surface area (Å²) in [6.07, 6.45) is 1.77. The lowest BCUT2D eigenvalue weighted by molar-refractivity contribution is 0.652. The largest absolute Gasteiger partial charge is 0.368 e. The first kappa shape index (κ1) is 14.2. The first-order chi connectivity index (χ1) is 10.1. The lowest BCUT2D eigenvalue weighted by Gasteiger charge is -2.38. The van der Waals surface area contributed by atoms with Crippen LogP contribution >= 0.6 is 11.6 Å². The highest BCUT2D eigenvalue weighted by atomic mass is 35.5. The summed E-state index contributed by atoms with van der Waals surface area (Å²) in [7, 11) is 0. The summed E-state index contributed by atoms with van der Waals surface area (Å²) < 4.78 is 0. The van der Waals surface area contributed by atoms with Gasteiger partial charge in [-0.05, 0) is 43.2 Å². The molecule has 3 rings (SSSR count). The van der Waals surface area contributed by atoms with Crippen molar-refractivity contribution in [1.82, 2.24) is 4.98 Å². The Morgan fingerprint density at radius 2 is 1.71 bits per heavy atom. The highest BCUT2D eigenvalue weighted by molar-refractivity contribution is 6.29. The fraction of sp³-hybridized carbons (Fsp3) is 0.353. The van der Waals surface area contributed by atoms with Crippen LogP contribution in [0.5, 0.6) is 0 Å². The second-order valence-corrected chi connectivity index (χ2v) is 5.92. The zero-order chi connectivity index (χ0) is 14.8. The maximum Gasteiger partial charge on any atom is 0.131 e. The number of aromatic nitrogens is 1. The van der Waals surface area contributed by atoms with Gasteiger partial charge in [0.2, 0.25) is 0 Å². The third-order valence-corrected chi connectivity index (χ3v) is 4.48. The fourth-order valence-corrected chi connectivity index (χ4v) is 3.04. The molecule has 0 saturated carbocycles. The zero-order valence-electron chi connectivity index (χ0n) is 12.5. The van der Waals surface area contributed by atoms with E-state index >= 15 is 0 Å². The maximum atomic E-state index is 5.98. The number of halogens is 1. The standard InChI is InChI=1S/C17H20ClN3/c1-13-4-3-5-16(14(13)2)21-10-8-20(9-11-21)15-6-7-19-17(18)12-15/h3-7,12H,8-11H2,1-2H3. The van der Waals surface area contributed by atoms with E-state index in [2.05, 4.69) is 46.8 Å². The SMILES string of the molecule is Cc1cccc(N2CCN(c3ccnc(Cl)c3)CC2)c1C. The molecule has 0 amide bonds. The third kappa shape index (κ3) is 2.98. The smallest absolute Gasteiger partial charge is 0.131 e. The Labute approximate surface area is 131 Å². The van der Waals surface area contributed by atoms with E-state index in [4.69, 9.17) is 11.6 Å². The van der Waals surface area contributed by atoms with Gasteiger partial charge in [0.25, 0.3) is 0 Å². The molecular weight excluding hydrogens is 282 g/mol. The summed E-state index contributed by atoms with van der Waals surface area (Å²) in [5.41, 5.74) is 5.27. The van der Waals surface area contributed by atoms with Gasteiger partial charge in [0.15, 0.2) is 0 Å². The van der Waals surface area contributed by atoms with Gasteiger partial charge in [-0.1, -0.05) is 23.7 Å². The number of pyridine rings is 1. The summed E-state index contributed by atoms with van der Waals surface area (Å²) in [5.74, 6) is 0. The van der Waals surface area contributed by atoms with E-state index in [1.165, 1.54) is 16.8 Å². The maximum absolute atomic E-state index is 5.98. The van der Waals surface area contributed by atoms with Crippen molar-refractivity contribution in [3.8, 4) is 0 Å². The van der Waals surface area contributed by atoms with Crippen LogP contribution in [0.2, 0.25) is 5.15 Å². The molecule has 3 nitrogen and oxygen atoms in total. The van der Waals surface area contributed by atoms with Crippen LogP contribution < -0.4 is 9.80 Å². The Kier molecular flexibility index (Phi) is 4.02. The van der Waals surface area contributed by atoms with E-state index in [-0.39, 0.29) is 0 Å². The summed E-state index contributed by atoms with van der Waals surface area (Å²) >= 11 is 5.98. The first-order valence-electron chi connectivity index (χ1n) is 7.33. The van der Waals surface area contributed by atoms with E-state index in [1.807, 2.05) is 12.1 Å². The average molecular weight is 302 g/mol. The van der Waals surface area contributed by atoms with Crippen molar-refractivity contribution < 1.29 is 0 Å². The molecular formula is C17H20ClN3. The van der Waals surface area contributed by atoms with E-state index in [0.29, 0.717) is 5.15 Å². The summed E-state index contributed by atoms with van der Waals surface area (Å²) in [4.78, 5) is 8.89. The van der Waals surface area contributed by atoms with E-state index in [9.17, 15) is 0 Å². The molecule has 1 fully saturated rings. The first-order valence-corrected chi connectivity index (χ1v) is 7.70. The normalized spacial score (nSPS) is 15.4. The van der Waals surface area contributed by atoms with Gasteiger partial charge in [-0.25, -0.2) is 4.98 Å². The topological polar surface area (TPSA) is 19.4 Å². The number of benzene rings is 1. The molecule has 0 atom stereocenters. The lowest BCUT2D eigenvalue weighted by atomic mass is 10.1. The van der Waals surface area contributed by atoms with Gasteiger partial charge >= 0.3 is 0 Å². The van der Waals surface area contributed by atoms with Gasteiger partial charge in [0.05, 0.1) is 0 Å². The molecule has 0 spiro atoms. The van der Waals surface area contributed by atoms with Crippen LogP contribution in [0.25, 0.3) is 0 Å². The molecule has 1 aromatic heterocycles. The minimum Gasteiger partial charge on any atom is -0.368 e. The molecule has 0 aliphatic carbocycles. The number of hydrogen-bond acceptors (Lipinski definition) is 3. The van der Waals surface area contributed by atoms with Crippen LogP contribution in [-0.2, 0) is 0 Å². The van der Waals surface area contributed by atoms with Crippen LogP contribution in [0.1, 0.15) is 11.1 Å². The van der Waals surface area contributed by atoms with Gasteiger partial charge in [-0.3, -0.25) is 0 Å². The Bertz CT molecular complexity index is 634. The number of hydrogen-bond donors (Lipinski definition) is 0. The van der Waals surface area contributed by atoms with Crippen molar-refractivity contribution >= 4 is 23.0 Å². The van der Waals surface area contributed by atoms with Gasteiger partial charge in [-0.15, -0.1) is 0 Å². The van der Waals surface area contributed by atoms with Gasteiger partial charge in [0, 0.05) is 43.8 Å². The van der Waals surface area contributed by atoms with Gasteiger partial charge in [-0.2, -0.15) is 0 Å². The van der Waals surface area contributed by atoms with Crippen LogP contribution in [0, 0.1) is 13.8 Å². The summed E-state index contributed by atoms with van der Waals surface area (Å²) in [6.45, 7) is 8.46. The van der Waals surface area contributed by atoms with Crippen molar-refractivity contribution in [2.45, 2.75) is 13.8 Å². The molecule has 0 N–H and O–H groups in total. The van der Waals surface area contributed by atoms with Crippen LogP contribution in [0.15, 0.2) is 36.5 Å². The zero-order valence-corrected chi connectivity index (χ0v) is 13.3. The van der Waals surface area contributed by atoms with Crippen LogP contribution in [0.4, 0.5) is 11.4 Å². The number of nitrogens with zero attached hydrogens (tertiary/aromatic N) is 3. The molecule has 4 heteroatoms. The Balaban J connectivity index is 1.72. The van der Waals surface area contributed by atoms with Crippen molar-refractivity contribution in [1.29, 1.82) is 0 Å². The molecule has 110 valence electrons. The minimum absolute atomic E-state index is 0.560. The fourth-order valence-electron chi connectivity index (χ4n) is 2.87. The predicted molar refractivity (Wildman–Crippen MR) is 89.6 cm³/mol. The second-order valence-electron chi connectivity index (χ2n) is 5.53. The molecule has 1 aliphatic rings. The number of rotatable bonds is 2. The van der Waals surface area contributed by atoms with Gasteiger partial charge in [0.1, 0.15) is 5.15 Å². The Morgan fingerprint density at radius 3 is 2.43 bits per heavy atom. The van der Waals surface area contributed by atoms with Crippen molar-refractivity contribution in [3.63, 3.8) is 0 Å². The molecule has 1 aromatic carbocycles. The molecule has 0 unspecified atom stereocenters. The van der Waals surface area contributed by atoms with Gasteiger partial charge < -0.3 is 9.80 Å². The Morgan fingerprint density at radius 1 is 1.00 bits per heavy atom. The van der Waals surface area contributed by atoms with Crippen LogP contribution in [-0.4, -0.2) is 31.2 Å². The van der Waals surface area contributed by atoms with Crippen molar-refractivity contribution in [2.75, 3.05) is 36.0 Å². The van der Waals surface area contributed by atoms with Crippen molar-refractivity contribution in [2.24, 2.45) is 0 Å². The highest BCUT2D eigenvalue weighted by Gasteiger charge is 2.19. The minimum atomic E-state index is 0.560. The number of aryl methyl sites for hydroxylation is 1. The summed E-state index contributed by atoms with van der Waals surface area (Å²) in [5, 5.41) is 0.560. The lowest BCUT2D eigenvalue weighted by Crippen LogP contribution is -2.46. The molecule has 1 aliphatic heterocycles. The molecule has 0 radical (unpaired) electrons. The van der Waals surface area contributed by atoms with E-state index in [1.54, 1.807) is 6.20 Å². The molecule has 2 aromatic rings. The molecule has 1 saturated heterocycles. The number of piperazine rings is 1. The van der Waals surface area contributed by atoms with Crippen molar-refractivity contribution in [3.05, 3.63) is 52.8 Å². The van der Waals surface area contributed by atoms with E-state index < -0.39 is 0 Å². The second kappa shape index (κ2) is 5.94. The quantitative estimate of drug-likeness (QED) is 0.789. The number of anilines is 2. The predicted octanol–water partition coefficient (Wildman–Crippen LogP) is 3.68. The third-order valence-electron chi connectivity index (χ3n) is 4.27. The molecule has 2 heterocycles.